The number of likely N-dealkylation sites (N-methyl/N-ethyl adjacent to an activating group) is 1. The van der Waals surface area contributed by atoms with Crippen molar-refractivity contribution in [2.24, 2.45) is 0 Å². The van der Waals surface area contributed by atoms with Crippen LogP contribution in [0.1, 0.15) is 36.7 Å². The second-order valence-electron chi connectivity index (χ2n) is 7.61. The van der Waals surface area contributed by atoms with Crippen LogP contribution in [-0.2, 0) is 10.2 Å². The number of fused-ring (bicyclic) bond motifs is 2. The Balaban J connectivity index is 1.76. The molecule has 0 spiro atoms. The third kappa shape index (κ3) is 2.85. The fraction of sp³-hybridized carbons (Fsp3) is 0.292. The second-order valence-corrected chi connectivity index (χ2v) is 7.61. The molecule has 0 fully saturated rings. The molecule has 144 valence electrons. The maximum absolute atomic E-state index is 13.1. The highest BCUT2D eigenvalue weighted by Crippen LogP contribution is 2.46. The standard InChI is InChI=1S/C24H25NO3/c1-5-27-23-17(22(26)16-10-6-9-13-20(16)28-23)14-15-21-24(2,3)18-11-7-8-12-19(18)25(21)4/h6-15,23H,5H2,1-4H3/b17-14+,21-15+. The van der Waals surface area contributed by atoms with Crippen LogP contribution in [0.25, 0.3) is 0 Å². The summed E-state index contributed by atoms with van der Waals surface area (Å²) in [4.78, 5) is 15.3. The average Bonchev–Trinajstić information content (AvgIpc) is 2.88. The average molecular weight is 375 g/mol. The van der Waals surface area contributed by atoms with E-state index in [4.69, 9.17) is 9.47 Å². The minimum Gasteiger partial charge on any atom is -0.460 e. The van der Waals surface area contributed by atoms with Gasteiger partial charge in [0.15, 0.2) is 5.78 Å². The van der Waals surface area contributed by atoms with E-state index in [1.807, 2.05) is 37.3 Å². The van der Waals surface area contributed by atoms with Crippen molar-refractivity contribution in [3.8, 4) is 5.75 Å². The summed E-state index contributed by atoms with van der Waals surface area (Å²) in [5.74, 6) is 0.523. The topological polar surface area (TPSA) is 38.8 Å². The molecule has 4 rings (SSSR count). The number of ketones is 1. The van der Waals surface area contributed by atoms with Gasteiger partial charge in [-0.2, -0.15) is 0 Å². The zero-order valence-electron chi connectivity index (χ0n) is 16.7. The Morgan fingerprint density at radius 3 is 2.57 bits per heavy atom. The third-order valence-corrected chi connectivity index (χ3v) is 5.56. The molecule has 1 unspecified atom stereocenters. The molecule has 2 aliphatic heterocycles. The Morgan fingerprint density at radius 2 is 1.82 bits per heavy atom. The van der Waals surface area contributed by atoms with Gasteiger partial charge in [0.2, 0.25) is 6.29 Å². The molecule has 1 atom stereocenters. The molecular weight excluding hydrogens is 350 g/mol. The van der Waals surface area contributed by atoms with Crippen LogP contribution in [0, 0.1) is 0 Å². The van der Waals surface area contributed by atoms with Crippen LogP contribution in [0.2, 0.25) is 0 Å². The number of allylic oxidation sites excluding steroid dienone is 3. The minimum atomic E-state index is -0.693. The molecular formula is C24H25NO3. The Morgan fingerprint density at radius 1 is 1.11 bits per heavy atom. The summed E-state index contributed by atoms with van der Waals surface area (Å²) in [5.41, 5.74) is 4.54. The molecule has 4 nitrogen and oxygen atoms in total. The van der Waals surface area contributed by atoms with Gasteiger partial charge in [0, 0.05) is 30.5 Å². The molecule has 0 radical (unpaired) electrons. The molecule has 0 aliphatic carbocycles. The van der Waals surface area contributed by atoms with E-state index in [9.17, 15) is 4.79 Å². The highest BCUT2D eigenvalue weighted by Gasteiger charge is 2.38. The number of para-hydroxylation sites is 2. The third-order valence-electron chi connectivity index (χ3n) is 5.56. The van der Waals surface area contributed by atoms with E-state index in [-0.39, 0.29) is 11.2 Å². The number of benzene rings is 2. The van der Waals surface area contributed by atoms with Crippen LogP contribution in [-0.4, -0.2) is 25.7 Å². The summed E-state index contributed by atoms with van der Waals surface area (Å²) in [6.07, 6.45) is 3.19. The smallest absolute Gasteiger partial charge is 0.230 e. The Kier molecular flexibility index (Phi) is 4.60. The highest BCUT2D eigenvalue weighted by atomic mass is 16.7. The first-order chi connectivity index (χ1) is 13.4. The lowest BCUT2D eigenvalue weighted by Crippen LogP contribution is -2.32. The van der Waals surface area contributed by atoms with Crippen LogP contribution in [0.4, 0.5) is 5.69 Å². The van der Waals surface area contributed by atoms with Crippen molar-refractivity contribution < 1.29 is 14.3 Å². The summed E-state index contributed by atoms with van der Waals surface area (Å²) in [5, 5.41) is 0. The van der Waals surface area contributed by atoms with Crippen molar-refractivity contribution in [2.75, 3.05) is 18.6 Å². The van der Waals surface area contributed by atoms with E-state index in [1.165, 1.54) is 11.3 Å². The van der Waals surface area contributed by atoms with Crippen molar-refractivity contribution in [1.82, 2.24) is 0 Å². The van der Waals surface area contributed by atoms with Gasteiger partial charge >= 0.3 is 0 Å². The van der Waals surface area contributed by atoms with Crippen molar-refractivity contribution in [3.05, 3.63) is 83.1 Å². The van der Waals surface area contributed by atoms with Gasteiger partial charge in [0.1, 0.15) is 5.75 Å². The van der Waals surface area contributed by atoms with Gasteiger partial charge in [0.25, 0.3) is 0 Å². The molecule has 0 saturated heterocycles. The zero-order valence-corrected chi connectivity index (χ0v) is 16.7. The number of carbonyl (C=O) groups is 1. The molecule has 4 heteroatoms. The van der Waals surface area contributed by atoms with Crippen LogP contribution >= 0.6 is 0 Å². The van der Waals surface area contributed by atoms with Gasteiger partial charge in [-0.1, -0.05) is 44.2 Å². The number of carbonyl (C=O) groups excluding carboxylic acids is 1. The SMILES string of the molecule is CCOC1Oc2ccccc2C(=O)/C1=C\C=C1\N(C)c2ccccc2C1(C)C. The monoisotopic (exact) mass is 375 g/mol. The summed E-state index contributed by atoms with van der Waals surface area (Å²) >= 11 is 0. The molecule has 2 aliphatic rings. The Bertz CT molecular complexity index is 987. The van der Waals surface area contributed by atoms with Crippen LogP contribution in [0.15, 0.2) is 72.0 Å². The lowest BCUT2D eigenvalue weighted by atomic mass is 9.83. The fourth-order valence-corrected chi connectivity index (χ4v) is 4.10. The molecule has 2 heterocycles. The van der Waals surface area contributed by atoms with Crippen molar-refractivity contribution in [1.29, 1.82) is 0 Å². The molecule has 0 N–H and O–H groups in total. The van der Waals surface area contributed by atoms with E-state index in [0.717, 1.165) is 5.70 Å². The first-order valence-electron chi connectivity index (χ1n) is 9.62. The quantitative estimate of drug-likeness (QED) is 0.718. The van der Waals surface area contributed by atoms with E-state index >= 15 is 0 Å². The maximum atomic E-state index is 13.1. The number of hydrogen-bond acceptors (Lipinski definition) is 4. The maximum Gasteiger partial charge on any atom is 0.230 e. The number of Topliss-reactive ketones (excluding diaryl/α,β-unsaturated/α-hetero) is 1. The first kappa shape index (κ1) is 18.5. The van der Waals surface area contributed by atoms with E-state index in [1.54, 1.807) is 12.1 Å². The zero-order chi connectivity index (χ0) is 19.9. The van der Waals surface area contributed by atoms with Gasteiger partial charge < -0.3 is 14.4 Å². The number of anilines is 1. The molecule has 0 bridgehead atoms. The highest BCUT2D eigenvalue weighted by molar-refractivity contribution is 6.12. The number of hydrogen-bond donors (Lipinski definition) is 0. The molecule has 0 amide bonds. The summed E-state index contributed by atoms with van der Waals surface area (Å²) in [6, 6.07) is 15.7. The Hall–Kier alpha value is -2.85. The fourth-order valence-electron chi connectivity index (χ4n) is 4.10. The summed E-state index contributed by atoms with van der Waals surface area (Å²) < 4.78 is 11.7. The predicted octanol–water partition coefficient (Wildman–Crippen LogP) is 4.86. The number of rotatable bonds is 3. The normalized spacial score (nSPS) is 22.9. The van der Waals surface area contributed by atoms with Crippen LogP contribution in [0.3, 0.4) is 0 Å². The molecule has 2 aromatic carbocycles. The number of nitrogens with zero attached hydrogens (tertiary/aromatic N) is 1. The van der Waals surface area contributed by atoms with Crippen molar-refractivity contribution >= 4 is 11.5 Å². The largest absolute Gasteiger partial charge is 0.460 e. The predicted molar refractivity (Wildman–Crippen MR) is 111 cm³/mol. The summed E-state index contributed by atoms with van der Waals surface area (Å²) in [6.45, 7) is 6.77. The Labute approximate surface area is 166 Å². The van der Waals surface area contributed by atoms with Gasteiger partial charge in [-0.05, 0) is 42.8 Å². The summed E-state index contributed by atoms with van der Waals surface area (Å²) in [7, 11) is 2.06. The molecule has 0 aromatic heterocycles. The first-order valence-corrected chi connectivity index (χ1v) is 9.62. The number of ether oxygens (including phenoxy) is 2. The lowest BCUT2D eigenvalue weighted by Gasteiger charge is -2.27. The molecule has 28 heavy (non-hydrogen) atoms. The second kappa shape index (κ2) is 6.95. The van der Waals surface area contributed by atoms with Crippen molar-refractivity contribution in [3.63, 3.8) is 0 Å². The molecule has 2 aromatic rings. The lowest BCUT2D eigenvalue weighted by molar-refractivity contribution is -0.0508. The van der Waals surface area contributed by atoms with Gasteiger partial charge in [-0.15, -0.1) is 0 Å². The van der Waals surface area contributed by atoms with Crippen LogP contribution in [0.5, 0.6) is 5.75 Å². The van der Waals surface area contributed by atoms with Gasteiger partial charge in [0.05, 0.1) is 11.1 Å². The van der Waals surface area contributed by atoms with Crippen molar-refractivity contribution in [2.45, 2.75) is 32.5 Å². The van der Waals surface area contributed by atoms with Gasteiger partial charge in [-0.3, -0.25) is 4.79 Å². The minimum absolute atomic E-state index is 0.0480. The molecule has 0 saturated carbocycles. The van der Waals surface area contributed by atoms with Crippen LogP contribution < -0.4 is 9.64 Å². The van der Waals surface area contributed by atoms with E-state index < -0.39 is 6.29 Å². The van der Waals surface area contributed by atoms with E-state index in [0.29, 0.717) is 23.5 Å². The van der Waals surface area contributed by atoms with Gasteiger partial charge in [-0.25, -0.2) is 0 Å². The van der Waals surface area contributed by atoms with E-state index in [2.05, 4.69) is 44.0 Å².